The van der Waals surface area contributed by atoms with Crippen LogP contribution >= 0.6 is 15.9 Å². The van der Waals surface area contributed by atoms with E-state index in [9.17, 15) is 4.79 Å². The van der Waals surface area contributed by atoms with E-state index in [0.717, 1.165) is 19.4 Å². The molecule has 1 fully saturated rings. The van der Waals surface area contributed by atoms with Gasteiger partial charge in [-0.2, -0.15) is 0 Å². The van der Waals surface area contributed by atoms with Crippen LogP contribution < -0.4 is 0 Å². The molecule has 0 bridgehead atoms. The summed E-state index contributed by atoms with van der Waals surface area (Å²) in [7, 11) is 0. The van der Waals surface area contributed by atoms with Crippen LogP contribution in [-0.4, -0.2) is 23.4 Å². The molecule has 0 saturated heterocycles. The molecule has 0 aliphatic heterocycles. The highest BCUT2D eigenvalue weighted by Crippen LogP contribution is 2.25. The molecule has 88 valence electrons. The standard InChI is InChI=1S/C12H16BrNO2/c1-2-14(9-5-3-4-6-9)12(15)10-7-8-11(13)16-10/h7-9H,2-6H2,1H3. The number of hydrogen-bond acceptors (Lipinski definition) is 2. The predicted molar refractivity (Wildman–Crippen MR) is 65.4 cm³/mol. The van der Waals surface area contributed by atoms with E-state index >= 15 is 0 Å². The van der Waals surface area contributed by atoms with E-state index < -0.39 is 0 Å². The van der Waals surface area contributed by atoms with E-state index in [0.29, 0.717) is 16.5 Å². The summed E-state index contributed by atoms with van der Waals surface area (Å²) >= 11 is 3.22. The van der Waals surface area contributed by atoms with Gasteiger partial charge in [0.05, 0.1) is 0 Å². The average Bonchev–Trinajstić information content (AvgIpc) is 2.90. The number of amides is 1. The fraction of sp³-hybridized carbons (Fsp3) is 0.583. The van der Waals surface area contributed by atoms with Gasteiger partial charge in [0.1, 0.15) is 0 Å². The van der Waals surface area contributed by atoms with Crippen LogP contribution in [0.1, 0.15) is 43.2 Å². The zero-order chi connectivity index (χ0) is 11.5. The van der Waals surface area contributed by atoms with E-state index in [1.165, 1.54) is 12.8 Å². The Balaban J connectivity index is 2.11. The monoisotopic (exact) mass is 285 g/mol. The Morgan fingerprint density at radius 1 is 1.50 bits per heavy atom. The number of furan rings is 1. The average molecular weight is 286 g/mol. The van der Waals surface area contributed by atoms with Gasteiger partial charge in [-0.1, -0.05) is 12.8 Å². The van der Waals surface area contributed by atoms with Crippen molar-refractivity contribution in [2.24, 2.45) is 0 Å². The third kappa shape index (κ3) is 2.32. The van der Waals surface area contributed by atoms with Gasteiger partial charge in [0, 0.05) is 12.6 Å². The zero-order valence-electron chi connectivity index (χ0n) is 9.41. The van der Waals surface area contributed by atoms with Gasteiger partial charge in [0.15, 0.2) is 10.4 Å². The van der Waals surface area contributed by atoms with Crippen LogP contribution in [0.25, 0.3) is 0 Å². The fourth-order valence-electron chi connectivity index (χ4n) is 2.35. The Kier molecular flexibility index (Phi) is 3.69. The molecule has 0 aromatic carbocycles. The van der Waals surface area contributed by atoms with Crippen LogP contribution in [-0.2, 0) is 0 Å². The maximum absolute atomic E-state index is 12.2. The maximum atomic E-state index is 12.2. The zero-order valence-corrected chi connectivity index (χ0v) is 11.0. The molecule has 1 aliphatic carbocycles. The Morgan fingerprint density at radius 2 is 2.19 bits per heavy atom. The van der Waals surface area contributed by atoms with Gasteiger partial charge in [-0.3, -0.25) is 4.79 Å². The number of hydrogen-bond donors (Lipinski definition) is 0. The van der Waals surface area contributed by atoms with Crippen LogP contribution in [0.4, 0.5) is 0 Å². The molecule has 0 atom stereocenters. The molecular weight excluding hydrogens is 270 g/mol. The first-order valence-corrected chi connectivity index (χ1v) is 6.58. The quantitative estimate of drug-likeness (QED) is 0.852. The van der Waals surface area contributed by atoms with Crippen molar-refractivity contribution in [1.82, 2.24) is 4.90 Å². The van der Waals surface area contributed by atoms with Crippen molar-refractivity contribution in [3.05, 3.63) is 22.6 Å². The lowest BCUT2D eigenvalue weighted by molar-refractivity contribution is 0.0659. The molecule has 0 N–H and O–H groups in total. The normalized spacial score (nSPS) is 16.6. The highest BCUT2D eigenvalue weighted by atomic mass is 79.9. The van der Waals surface area contributed by atoms with Crippen molar-refractivity contribution in [3.8, 4) is 0 Å². The second-order valence-electron chi connectivity index (χ2n) is 4.13. The lowest BCUT2D eigenvalue weighted by Gasteiger charge is -2.26. The van der Waals surface area contributed by atoms with Crippen LogP contribution in [0, 0.1) is 0 Å². The molecule has 0 unspecified atom stereocenters. The summed E-state index contributed by atoms with van der Waals surface area (Å²) in [6, 6.07) is 3.89. The summed E-state index contributed by atoms with van der Waals surface area (Å²) < 4.78 is 5.92. The smallest absolute Gasteiger partial charge is 0.289 e. The van der Waals surface area contributed by atoms with Crippen LogP contribution in [0.3, 0.4) is 0 Å². The van der Waals surface area contributed by atoms with Crippen molar-refractivity contribution < 1.29 is 9.21 Å². The van der Waals surface area contributed by atoms with Crippen LogP contribution in [0.2, 0.25) is 0 Å². The third-order valence-electron chi connectivity index (χ3n) is 3.15. The molecule has 1 saturated carbocycles. The number of halogens is 1. The van der Waals surface area contributed by atoms with E-state index in [-0.39, 0.29) is 5.91 Å². The van der Waals surface area contributed by atoms with Crippen molar-refractivity contribution in [3.63, 3.8) is 0 Å². The summed E-state index contributed by atoms with van der Waals surface area (Å²) in [5.41, 5.74) is 0. The van der Waals surface area contributed by atoms with Crippen molar-refractivity contribution in [1.29, 1.82) is 0 Å². The molecule has 2 rings (SSSR count). The number of nitrogens with zero attached hydrogens (tertiary/aromatic N) is 1. The highest BCUT2D eigenvalue weighted by Gasteiger charge is 2.27. The summed E-state index contributed by atoms with van der Waals surface area (Å²) in [6.45, 7) is 2.77. The second kappa shape index (κ2) is 5.04. The lowest BCUT2D eigenvalue weighted by Crippen LogP contribution is -2.38. The highest BCUT2D eigenvalue weighted by molar-refractivity contribution is 9.10. The van der Waals surface area contributed by atoms with Crippen molar-refractivity contribution in [2.45, 2.75) is 38.6 Å². The minimum atomic E-state index is 0.0140. The number of carbonyl (C=O) groups excluding carboxylic acids is 1. The van der Waals surface area contributed by atoms with Gasteiger partial charge in [0.2, 0.25) is 0 Å². The predicted octanol–water partition coefficient (Wildman–Crippen LogP) is 3.45. The summed E-state index contributed by atoms with van der Waals surface area (Å²) in [6.07, 6.45) is 4.72. The minimum absolute atomic E-state index is 0.0140. The second-order valence-corrected chi connectivity index (χ2v) is 4.91. The van der Waals surface area contributed by atoms with E-state index in [1.54, 1.807) is 12.1 Å². The van der Waals surface area contributed by atoms with Gasteiger partial charge in [0.25, 0.3) is 5.91 Å². The molecule has 16 heavy (non-hydrogen) atoms. The van der Waals surface area contributed by atoms with Gasteiger partial charge in [-0.25, -0.2) is 0 Å². The van der Waals surface area contributed by atoms with Crippen molar-refractivity contribution in [2.75, 3.05) is 6.54 Å². The number of rotatable bonds is 3. The van der Waals surface area contributed by atoms with Gasteiger partial charge < -0.3 is 9.32 Å². The minimum Gasteiger partial charge on any atom is -0.444 e. The molecule has 1 amide bonds. The number of carbonyl (C=O) groups is 1. The van der Waals surface area contributed by atoms with E-state index in [1.807, 2.05) is 11.8 Å². The first-order valence-electron chi connectivity index (χ1n) is 5.78. The molecule has 0 spiro atoms. The first kappa shape index (κ1) is 11.7. The summed E-state index contributed by atoms with van der Waals surface area (Å²) in [5, 5.41) is 0. The molecule has 4 heteroatoms. The first-order chi connectivity index (χ1) is 7.72. The van der Waals surface area contributed by atoms with E-state index in [2.05, 4.69) is 15.9 Å². The summed E-state index contributed by atoms with van der Waals surface area (Å²) in [5.74, 6) is 0.445. The Bertz CT molecular complexity index is 369. The molecule has 1 aromatic heterocycles. The molecule has 1 aromatic rings. The summed E-state index contributed by atoms with van der Waals surface area (Å²) in [4.78, 5) is 14.1. The molecular formula is C12H16BrNO2. The van der Waals surface area contributed by atoms with Gasteiger partial charge in [-0.05, 0) is 47.8 Å². The Morgan fingerprint density at radius 3 is 2.69 bits per heavy atom. The fourth-order valence-corrected chi connectivity index (χ4v) is 2.66. The van der Waals surface area contributed by atoms with Gasteiger partial charge >= 0.3 is 0 Å². The largest absolute Gasteiger partial charge is 0.444 e. The third-order valence-corrected chi connectivity index (χ3v) is 3.58. The SMILES string of the molecule is CCN(C(=O)c1ccc(Br)o1)C1CCCC1. The lowest BCUT2D eigenvalue weighted by atomic mass is 10.2. The van der Waals surface area contributed by atoms with Crippen LogP contribution in [0.15, 0.2) is 21.2 Å². The van der Waals surface area contributed by atoms with Gasteiger partial charge in [-0.15, -0.1) is 0 Å². The molecule has 0 radical (unpaired) electrons. The topological polar surface area (TPSA) is 33.5 Å². The molecule has 3 nitrogen and oxygen atoms in total. The Hall–Kier alpha value is -0.770. The van der Waals surface area contributed by atoms with E-state index in [4.69, 9.17) is 4.42 Å². The Labute approximate surface area is 104 Å². The van der Waals surface area contributed by atoms with Crippen LogP contribution in [0.5, 0.6) is 0 Å². The van der Waals surface area contributed by atoms with Crippen molar-refractivity contribution >= 4 is 21.8 Å². The molecule has 1 aliphatic rings. The molecule has 1 heterocycles. The maximum Gasteiger partial charge on any atom is 0.289 e.